The summed E-state index contributed by atoms with van der Waals surface area (Å²) >= 11 is 12.6. The number of aromatic nitrogens is 4. The lowest BCUT2D eigenvalue weighted by Crippen LogP contribution is -2.24. The Kier molecular flexibility index (Phi) is 4.74. The van der Waals surface area contributed by atoms with Gasteiger partial charge in [0.1, 0.15) is 0 Å². The highest BCUT2D eigenvalue weighted by atomic mass is 35.5. The second kappa shape index (κ2) is 6.82. The predicted octanol–water partition coefficient (Wildman–Crippen LogP) is 3.84. The molecule has 0 saturated carbocycles. The highest BCUT2D eigenvalue weighted by molar-refractivity contribution is 6.39. The number of benzene rings is 1. The Morgan fingerprint density at radius 3 is 2.44 bits per heavy atom. The van der Waals surface area contributed by atoms with E-state index in [1.54, 1.807) is 30.5 Å². The number of nitrogen functional groups attached to an aromatic ring is 1. The molecule has 0 amide bonds. The number of hydrogen-bond acceptors (Lipinski definition) is 5. The van der Waals surface area contributed by atoms with E-state index in [4.69, 9.17) is 28.9 Å². The van der Waals surface area contributed by atoms with Crippen molar-refractivity contribution in [1.82, 2.24) is 19.7 Å². The van der Waals surface area contributed by atoms with Crippen molar-refractivity contribution in [1.29, 1.82) is 0 Å². The summed E-state index contributed by atoms with van der Waals surface area (Å²) in [4.78, 5) is 20.3. The van der Waals surface area contributed by atoms with Crippen LogP contribution in [0.5, 0.6) is 0 Å². The summed E-state index contributed by atoms with van der Waals surface area (Å²) in [7, 11) is 0. The van der Waals surface area contributed by atoms with Crippen molar-refractivity contribution < 1.29 is 0 Å². The fourth-order valence-electron chi connectivity index (χ4n) is 2.44. The Morgan fingerprint density at radius 2 is 1.80 bits per heavy atom. The van der Waals surface area contributed by atoms with E-state index in [9.17, 15) is 4.79 Å². The van der Waals surface area contributed by atoms with Crippen molar-refractivity contribution in [2.75, 3.05) is 5.73 Å². The molecule has 0 aliphatic rings. The first-order valence-electron chi connectivity index (χ1n) is 7.55. The van der Waals surface area contributed by atoms with Gasteiger partial charge in [-0.3, -0.25) is 4.79 Å². The molecule has 0 unspecified atom stereocenters. The zero-order valence-electron chi connectivity index (χ0n) is 13.6. The van der Waals surface area contributed by atoms with E-state index in [2.05, 4.69) is 15.1 Å². The Labute approximate surface area is 154 Å². The number of nitrogens with zero attached hydrogens (tertiary/aromatic N) is 4. The van der Waals surface area contributed by atoms with Gasteiger partial charge in [0.15, 0.2) is 0 Å². The summed E-state index contributed by atoms with van der Waals surface area (Å²) in [6.07, 6.45) is 1.55. The lowest BCUT2D eigenvalue weighted by molar-refractivity contribution is 0.505. The Morgan fingerprint density at radius 1 is 1.12 bits per heavy atom. The molecule has 2 aromatic heterocycles. The first kappa shape index (κ1) is 17.4. The molecule has 25 heavy (non-hydrogen) atoms. The minimum Gasteiger partial charge on any atom is -0.368 e. The predicted molar refractivity (Wildman–Crippen MR) is 99.8 cm³/mol. The SMILES string of the molecule is CC(C)n1nc(-c2cnc(N)nc2-c2c(Cl)cccc2Cl)ccc1=O. The maximum Gasteiger partial charge on any atom is 0.267 e. The van der Waals surface area contributed by atoms with Crippen LogP contribution in [0.3, 0.4) is 0 Å². The van der Waals surface area contributed by atoms with Crippen molar-refractivity contribution in [3.8, 4) is 22.5 Å². The Bertz CT molecular complexity index is 980. The van der Waals surface area contributed by atoms with Gasteiger partial charge >= 0.3 is 0 Å². The smallest absolute Gasteiger partial charge is 0.267 e. The van der Waals surface area contributed by atoms with E-state index in [0.717, 1.165) is 0 Å². The molecule has 0 spiro atoms. The summed E-state index contributed by atoms with van der Waals surface area (Å²) < 4.78 is 1.39. The molecule has 0 atom stereocenters. The molecule has 6 nitrogen and oxygen atoms in total. The molecule has 3 aromatic rings. The van der Waals surface area contributed by atoms with Crippen LogP contribution in [0.4, 0.5) is 5.95 Å². The lowest BCUT2D eigenvalue weighted by atomic mass is 10.0. The summed E-state index contributed by atoms with van der Waals surface area (Å²) in [6.45, 7) is 3.76. The van der Waals surface area contributed by atoms with Gasteiger partial charge in [-0.2, -0.15) is 5.10 Å². The number of rotatable bonds is 3. The van der Waals surface area contributed by atoms with E-state index in [-0.39, 0.29) is 17.5 Å². The zero-order valence-corrected chi connectivity index (χ0v) is 15.1. The van der Waals surface area contributed by atoms with Gasteiger partial charge in [0.2, 0.25) is 5.95 Å². The molecule has 8 heteroatoms. The van der Waals surface area contributed by atoms with Gasteiger partial charge in [-0.05, 0) is 32.0 Å². The average molecular weight is 376 g/mol. The van der Waals surface area contributed by atoms with Crippen molar-refractivity contribution in [2.45, 2.75) is 19.9 Å². The summed E-state index contributed by atoms with van der Waals surface area (Å²) in [5.41, 5.74) is 7.69. The first-order valence-corrected chi connectivity index (χ1v) is 8.31. The molecular formula is C17H15Cl2N5O. The van der Waals surface area contributed by atoms with Crippen LogP contribution in [0.15, 0.2) is 41.3 Å². The number of halogens is 2. The quantitative estimate of drug-likeness (QED) is 0.751. The van der Waals surface area contributed by atoms with Crippen LogP contribution in [-0.4, -0.2) is 19.7 Å². The normalized spacial score (nSPS) is 11.1. The second-order valence-electron chi connectivity index (χ2n) is 5.68. The highest BCUT2D eigenvalue weighted by Crippen LogP contribution is 2.38. The second-order valence-corrected chi connectivity index (χ2v) is 6.50. The molecule has 2 N–H and O–H groups in total. The monoisotopic (exact) mass is 375 g/mol. The van der Waals surface area contributed by atoms with Gasteiger partial charge in [-0.1, -0.05) is 29.3 Å². The van der Waals surface area contributed by atoms with Crippen LogP contribution in [0.25, 0.3) is 22.5 Å². The molecule has 0 bridgehead atoms. The van der Waals surface area contributed by atoms with Crippen LogP contribution in [-0.2, 0) is 0 Å². The molecule has 0 aliphatic carbocycles. The molecule has 2 heterocycles. The maximum atomic E-state index is 12.0. The standard InChI is InChI=1S/C17H15Cl2N5O/c1-9(2)24-14(25)7-6-13(23-24)10-8-21-17(20)22-16(10)15-11(18)4-3-5-12(15)19/h3-9H,1-2H3,(H2,20,21,22). The largest absolute Gasteiger partial charge is 0.368 e. The Balaban J connectivity index is 2.29. The minimum atomic E-state index is -0.188. The van der Waals surface area contributed by atoms with E-state index >= 15 is 0 Å². The summed E-state index contributed by atoms with van der Waals surface area (Å²) in [5.74, 6) is 0.0897. The number of anilines is 1. The zero-order chi connectivity index (χ0) is 18.1. The highest BCUT2D eigenvalue weighted by Gasteiger charge is 2.18. The molecule has 0 saturated heterocycles. The fraction of sp³-hybridized carbons (Fsp3) is 0.176. The van der Waals surface area contributed by atoms with E-state index < -0.39 is 0 Å². The molecule has 3 rings (SSSR count). The van der Waals surface area contributed by atoms with Gasteiger partial charge in [0, 0.05) is 23.4 Å². The fourth-order valence-corrected chi connectivity index (χ4v) is 3.01. The maximum absolute atomic E-state index is 12.0. The van der Waals surface area contributed by atoms with Crippen molar-refractivity contribution in [3.05, 3.63) is 56.9 Å². The van der Waals surface area contributed by atoms with Crippen molar-refractivity contribution >= 4 is 29.2 Å². The van der Waals surface area contributed by atoms with Gasteiger partial charge < -0.3 is 5.73 Å². The number of hydrogen-bond donors (Lipinski definition) is 1. The number of nitrogens with two attached hydrogens (primary N) is 1. The summed E-state index contributed by atoms with van der Waals surface area (Å²) in [6, 6.07) is 8.16. The van der Waals surface area contributed by atoms with E-state index in [1.165, 1.54) is 10.7 Å². The van der Waals surface area contributed by atoms with Gasteiger partial charge in [0.05, 0.1) is 27.5 Å². The van der Waals surface area contributed by atoms with E-state index in [1.807, 2.05) is 13.8 Å². The van der Waals surface area contributed by atoms with Gasteiger partial charge in [0.25, 0.3) is 5.56 Å². The van der Waals surface area contributed by atoms with Crippen LogP contribution >= 0.6 is 23.2 Å². The molecule has 0 fully saturated rings. The molecule has 128 valence electrons. The van der Waals surface area contributed by atoms with Crippen LogP contribution in [0, 0.1) is 0 Å². The molecule has 0 radical (unpaired) electrons. The molecular weight excluding hydrogens is 361 g/mol. The molecule has 0 aliphatic heterocycles. The van der Waals surface area contributed by atoms with Gasteiger partial charge in [-0.15, -0.1) is 0 Å². The topological polar surface area (TPSA) is 86.7 Å². The average Bonchev–Trinajstić information content (AvgIpc) is 2.55. The summed E-state index contributed by atoms with van der Waals surface area (Å²) in [5, 5.41) is 5.28. The third kappa shape index (κ3) is 3.36. The minimum absolute atomic E-state index is 0.0884. The molecule has 1 aromatic carbocycles. The third-order valence-corrected chi connectivity index (χ3v) is 4.23. The Hall–Kier alpha value is -2.44. The van der Waals surface area contributed by atoms with Crippen molar-refractivity contribution in [2.24, 2.45) is 0 Å². The van der Waals surface area contributed by atoms with Crippen LogP contribution < -0.4 is 11.3 Å². The van der Waals surface area contributed by atoms with Crippen molar-refractivity contribution in [3.63, 3.8) is 0 Å². The first-order chi connectivity index (χ1) is 11.9. The van der Waals surface area contributed by atoms with Crippen LogP contribution in [0.2, 0.25) is 10.0 Å². The lowest BCUT2D eigenvalue weighted by Gasteiger charge is -2.14. The third-order valence-electron chi connectivity index (χ3n) is 3.60. The van der Waals surface area contributed by atoms with Gasteiger partial charge in [-0.25, -0.2) is 14.6 Å². The van der Waals surface area contributed by atoms with Crippen LogP contribution in [0.1, 0.15) is 19.9 Å². The van der Waals surface area contributed by atoms with E-state index in [0.29, 0.717) is 32.6 Å².